The normalized spacial score (nSPS) is 13.2. The molecule has 4 aromatic rings. The molecule has 0 saturated carbocycles. The molecule has 7 heteroatoms. The van der Waals surface area contributed by atoms with Gasteiger partial charge in [0.25, 0.3) is 5.91 Å². The second kappa shape index (κ2) is 9.57. The van der Waals surface area contributed by atoms with Gasteiger partial charge in [-0.3, -0.25) is 4.79 Å². The lowest BCUT2D eigenvalue weighted by atomic mass is 10.0. The van der Waals surface area contributed by atoms with Crippen LogP contribution in [0.3, 0.4) is 0 Å². The molecule has 172 valence electrons. The first kappa shape index (κ1) is 22.0. The Morgan fingerprint density at radius 3 is 2.79 bits per heavy atom. The zero-order chi connectivity index (χ0) is 23.5. The highest BCUT2D eigenvalue weighted by Crippen LogP contribution is 2.46. The van der Waals surface area contributed by atoms with Gasteiger partial charge in [-0.2, -0.15) is 0 Å². The molecule has 0 bridgehead atoms. The maximum Gasteiger partial charge on any atom is 0.261 e. The summed E-state index contributed by atoms with van der Waals surface area (Å²) < 4.78 is 11.7. The van der Waals surface area contributed by atoms with E-state index in [1.54, 1.807) is 13.3 Å². The number of benzene rings is 2. The highest BCUT2D eigenvalue weighted by Gasteiger charge is 2.26. The Morgan fingerprint density at radius 2 is 1.97 bits per heavy atom. The lowest BCUT2D eigenvalue weighted by Crippen LogP contribution is -2.26. The Morgan fingerprint density at radius 1 is 1.12 bits per heavy atom. The van der Waals surface area contributed by atoms with Crippen molar-refractivity contribution in [2.45, 2.75) is 19.4 Å². The van der Waals surface area contributed by atoms with Gasteiger partial charge in [0, 0.05) is 18.3 Å². The van der Waals surface area contributed by atoms with Crippen molar-refractivity contribution in [2.24, 2.45) is 0 Å². The van der Waals surface area contributed by atoms with E-state index < -0.39 is 0 Å². The number of nitrogens with zero attached hydrogens (tertiary/aromatic N) is 2. The van der Waals surface area contributed by atoms with Crippen molar-refractivity contribution in [3.63, 3.8) is 0 Å². The van der Waals surface area contributed by atoms with E-state index in [4.69, 9.17) is 9.47 Å². The molecule has 0 spiro atoms. The van der Waals surface area contributed by atoms with Crippen LogP contribution in [0.2, 0.25) is 0 Å². The number of methoxy groups -OCH3 is 1. The number of anilines is 2. The maximum atomic E-state index is 12.9. The summed E-state index contributed by atoms with van der Waals surface area (Å²) in [5, 5.41) is 4.01. The van der Waals surface area contributed by atoms with Gasteiger partial charge in [-0.05, 0) is 41.8 Å². The lowest BCUT2D eigenvalue weighted by Gasteiger charge is -2.21. The van der Waals surface area contributed by atoms with Gasteiger partial charge in [-0.25, -0.2) is 4.98 Å². The average Bonchev–Trinajstić information content (AvgIpc) is 3.30. The fraction of sp³-hybridized carbons (Fsp3) is 0.185. The Kier molecular flexibility index (Phi) is 6.18. The van der Waals surface area contributed by atoms with Crippen molar-refractivity contribution in [1.29, 1.82) is 0 Å². The van der Waals surface area contributed by atoms with Crippen LogP contribution < -0.4 is 19.7 Å². The van der Waals surface area contributed by atoms with E-state index in [0.717, 1.165) is 16.3 Å². The van der Waals surface area contributed by atoms with Gasteiger partial charge >= 0.3 is 0 Å². The largest absolute Gasteiger partial charge is 0.493 e. The van der Waals surface area contributed by atoms with E-state index in [-0.39, 0.29) is 11.8 Å². The van der Waals surface area contributed by atoms with E-state index in [2.05, 4.69) is 34.3 Å². The number of carbonyl (C=O) groups is 1. The Bertz CT molecular complexity index is 1310. The molecule has 1 unspecified atom stereocenters. The second-order valence-corrected chi connectivity index (χ2v) is 9.19. The predicted octanol–water partition coefficient (Wildman–Crippen LogP) is 6.13. The average molecular weight is 472 g/mol. The molecule has 0 saturated heterocycles. The molecule has 1 aliphatic rings. The number of hydrogen-bond donors (Lipinski definition) is 1. The molecule has 0 radical (unpaired) electrons. The molecule has 2 aromatic heterocycles. The lowest BCUT2D eigenvalue weighted by molar-refractivity contribution is 0.0955. The van der Waals surface area contributed by atoms with Crippen LogP contribution in [0.25, 0.3) is 0 Å². The van der Waals surface area contributed by atoms with Crippen molar-refractivity contribution >= 4 is 27.9 Å². The van der Waals surface area contributed by atoms with Gasteiger partial charge in [-0.1, -0.05) is 49.4 Å². The fourth-order valence-corrected chi connectivity index (χ4v) is 4.94. The van der Waals surface area contributed by atoms with E-state index in [0.29, 0.717) is 35.3 Å². The zero-order valence-electron chi connectivity index (χ0n) is 19.0. The first-order valence-electron chi connectivity index (χ1n) is 11.1. The Balaban J connectivity index is 1.39. The van der Waals surface area contributed by atoms with Gasteiger partial charge in [0.2, 0.25) is 5.88 Å². The maximum absolute atomic E-state index is 12.9. The van der Waals surface area contributed by atoms with Gasteiger partial charge in [-0.15, -0.1) is 11.3 Å². The quantitative estimate of drug-likeness (QED) is 0.367. The zero-order valence-corrected chi connectivity index (χ0v) is 19.8. The van der Waals surface area contributed by atoms with E-state index in [1.807, 2.05) is 60.7 Å². The standard InChI is InChI=1S/C27H25N3O3S/c1-18(19-8-4-3-5-9-19)16-29-26(31)23-13-14-24(34-23)30-17-20-10-6-12-22(32-2)25(20)33-27-21(30)11-7-15-28-27/h3-15,18H,16-17H2,1-2H3,(H,29,31). The minimum Gasteiger partial charge on any atom is -0.493 e. The van der Waals surface area contributed by atoms with E-state index in [1.165, 1.54) is 16.9 Å². The molecule has 0 aliphatic carbocycles. The number of rotatable bonds is 6. The molecule has 6 nitrogen and oxygen atoms in total. The summed E-state index contributed by atoms with van der Waals surface area (Å²) in [6, 6.07) is 23.7. The van der Waals surface area contributed by atoms with Crippen LogP contribution in [-0.4, -0.2) is 24.5 Å². The number of para-hydroxylation sites is 1. The van der Waals surface area contributed by atoms with Crippen LogP contribution in [0.5, 0.6) is 17.4 Å². The molecule has 3 heterocycles. The number of nitrogens with one attached hydrogen (secondary N) is 1. The second-order valence-electron chi connectivity index (χ2n) is 8.12. The van der Waals surface area contributed by atoms with Crippen LogP contribution in [-0.2, 0) is 6.54 Å². The number of carbonyl (C=O) groups excluding carboxylic acids is 1. The molecule has 1 amide bonds. The molecular weight excluding hydrogens is 446 g/mol. The summed E-state index contributed by atoms with van der Waals surface area (Å²) in [6.07, 6.45) is 1.71. The van der Waals surface area contributed by atoms with Gasteiger partial charge in [0.15, 0.2) is 11.5 Å². The molecule has 1 atom stereocenters. The van der Waals surface area contributed by atoms with Crippen molar-refractivity contribution in [3.05, 3.63) is 95.0 Å². The monoisotopic (exact) mass is 471 g/mol. The number of hydrogen-bond acceptors (Lipinski definition) is 6. The van der Waals surface area contributed by atoms with Crippen LogP contribution in [0.15, 0.2) is 79.0 Å². The summed E-state index contributed by atoms with van der Waals surface area (Å²) in [7, 11) is 1.63. The van der Waals surface area contributed by atoms with Crippen LogP contribution >= 0.6 is 11.3 Å². The summed E-state index contributed by atoms with van der Waals surface area (Å²) in [5.41, 5.74) is 3.03. The van der Waals surface area contributed by atoms with Crippen LogP contribution in [0.1, 0.15) is 33.6 Å². The SMILES string of the molecule is COc1cccc2c1Oc1ncccc1N(c1ccc(C(=O)NCC(C)c3ccccc3)s1)C2. The smallest absolute Gasteiger partial charge is 0.261 e. The molecular formula is C27H25N3O3S. The summed E-state index contributed by atoms with van der Waals surface area (Å²) in [4.78, 5) is 20.1. The Hall–Kier alpha value is -3.84. The van der Waals surface area contributed by atoms with Crippen molar-refractivity contribution in [3.8, 4) is 17.4 Å². The summed E-state index contributed by atoms with van der Waals surface area (Å²) in [6.45, 7) is 3.26. The van der Waals surface area contributed by atoms with Crippen molar-refractivity contribution in [2.75, 3.05) is 18.6 Å². The number of pyridine rings is 1. The van der Waals surface area contributed by atoms with Crippen LogP contribution in [0, 0.1) is 0 Å². The van der Waals surface area contributed by atoms with Crippen molar-refractivity contribution < 1.29 is 14.3 Å². The third-order valence-corrected chi connectivity index (χ3v) is 6.98. The summed E-state index contributed by atoms with van der Waals surface area (Å²) >= 11 is 1.45. The highest BCUT2D eigenvalue weighted by atomic mass is 32.1. The van der Waals surface area contributed by atoms with E-state index >= 15 is 0 Å². The third-order valence-electron chi connectivity index (χ3n) is 5.87. The molecule has 2 aromatic carbocycles. The van der Waals surface area contributed by atoms with Gasteiger partial charge in [0.1, 0.15) is 5.69 Å². The number of aromatic nitrogens is 1. The molecule has 0 fully saturated rings. The number of thiophene rings is 1. The van der Waals surface area contributed by atoms with Crippen LogP contribution in [0.4, 0.5) is 10.7 Å². The highest BCUT2D eigenvalue weighted by molar-refractivity contribution is 7.18. The first-order chi connectivity index (χ1) is 16.6. The first-order valence-corrected chi connectivity index (χ1v) is 11.9. The molecule has 5 rings (SSSR count). The number of amides is 1. The van der Waals surface area contributed by atoms with Gasteiger partial charge < -0.3 is 19.7 Å². The summed E-state index contributed by atoms with van der Waals surface area (Å²) in [5.74, 6) is 1.99. The molecule has 1 N–H and O–H groups in total. The number of fused-ring (bicyclic) bond motifs is 2. The fourth-order valence-electron chi connectivity index (χ4n) is 4.00. The van der Waals surface area contributed by atoms with Crippen molar-refractivity contribution in [1.82, 2.24) is 10.3 Å². The van der Waals surface area contributed by atoms with E-state index in [9.17, 15) is 4.79 Å². The topological polar surface area (TPSA) is 63.7 Å². The predicted molar refractivity (Wildman–Crippen MR) is 135 cm³/mol. The minimum atomic E-state index is -0.0708. The number of ether oxygens (including phenoxy) is 2. The Labute approximate surface area is 202 Å². The molecule has 34 heavy (non-hydrogen) atoms. The molecule has 1 aliphatic heterocycles. The minimum absolute atomic E-state index is 0.0708. The third kappa shape index (κ3) is 4.34. The van der Waals surface area contributed by atoms with Gasteiger partial charge in [0.05, 0.1) is 23.5 Å².